The van der Waals surface area contributed by atoms with Crippen LogP contribution in [0.5, 0.6) is 5.75 Å². The molecular formula is C15H16N4OS. The van der Waals surface area contributed by atoms with E-state index < -0.39 is 0 Å². The number of aromatic nitrogens is 3. The normalized spacial score (nSPS) is 11.2. The van der Waals surface area contributed by atoms with Gasteiger partial charge in [0.2, 0.25) is 5.13 Å². The van der Waals surface area contributed by atoms with Crippen LogP contribution in [0.25, 0.3) is 21.5 Å². The van der Waals surface area contributed by atoms with Gasteiger partial charge < -0.3 is 10.5 Å². The number of benzene rings is 1. The molecule has 3 aromatic rings. The zero-order valence-corrected chi connectivity index (χ0v) is 12.9. The molecule has 0 saturated carbocycles. The van der Waals surface area contributed by atoms with Crippen molar-refractivity contribution in [2.24, 2.45) is 0 Å². The number of pyridine rings is 1. The molecule has 1 aromatic carbocycles. The Morgan fingerprint density at radius 2 is 2.00 bits per heavy atom. The summed E-state index contributed by atoms with van der Waals surface area (Å²) in [5, 5.41) is 10.3. The minimum absolute atomic E-state index is 0.334. The maximum atomic E-state index is 5.72. The number of nitrogens with two attached hydrogens (primary N) is 1. The highest BCUT2D eigenvalue weighted by Gasteiger charge is 2.14. The summed E-state index contributed by atoms with van der Waals surface area (Å²) in [4.78, 5) is 4.71. The van der Waals surface area contributed by atoms with E-state index >= 15 is 0 Å². The van der Waals surface area contributed by atoms with Gasteiger partial charge in [0, 0.05) is 16.6 Å². The molecule has 0 saturated heterocycles. The van der Waals surface area contributed by atoms with Crippen molar-refractivity contribution < 1.29 is 4.74 Å². The third-order valence-electron chi connectivity index (χ3n) is 3.30. The van der Waals surface area contributed by atoms with Gasteiger partial charge in [-0.2, -0.15) is 0 Å². The van der Waals surface area contributed by atoms with Crippen LogP contribution < -0.4 is 10.5 Å². The largest absolute Gasteiger partial charge is 0.497 e. The Kier molecular flexibility index (Phi) is 3.47. The quantitative estimate of drug-likeness (QED) is 0.801. The molecule has 0 aliphatic rings. The summed E-state index contributed by atoms with van der Waals surface area (Å²) in [6.45, 7) is 4.24. The number of ether oxygens (including phenoxy) is 1. The van der Waals surface area contributed by atoms with E-state index in [0.717, 1.165) is 32.9 Å². The van der Waals surface area contributed by atoms with Gasteiger partial charge >= 0.3 is 0 Å². The van der Waals surface area contributed by atoms with Gasteiger partial charge in [-0.3, -0.25) is 4.98 Å². The van der Waals surface area contributed by atoms with Gasteiger partial charge in [0.1, 0.15) is 10.8 Å². The van der Waals surface area contributed by atoms with E-state index in [-0.39, 0.29) is 0 Å². The predicted molar refractivity (Wildman–Crippen MR) is 85.7 cm³/mol. The van der Waals surface area contributed by atoms with Gasteiger partial charge in [0.15, 0.2) is 0 Å². The van der Waals surface area contributed by atoms with Crippen molar-refractivity contribution in [2.75, 3.05) is 12.8 Å². The van der Waals surface area contributed by atoms with Crippen molar-refractivity contribution in [1.82, 2.24) is 15.2 Å². The third-order valence-corrected chi connectivity index (χ3v) is 4.08. The van der Waals surface area contributed by atoms with E-state index in [0.29, 0.717) is 11.0 Å². The zero-order valence-electron chi connectivity index (χ0n) is 12.1. The van der Waals surface area contributed by atoms with E-state index in [1.165, 1.54) is 11.3 Å². The van der Waals surface area contributed by atoms with Crippen LogP contribution in [0.15, 0.2) is 24.3 Å². The minimum atomic E-state index is 0.334. The first-order valence-electron chi connectivity index (χ1n) is 6.66. The van der Waals surface area contributed by atoms with Crippen molar-refractivity contribution in [3.63, 3.8) is 0 Å². The monoisotopic (exact) mass is 300 g/mol. The van der Waals surface area contributed by atoms with Crippen LogP contribution >= 0.6 is 11.3 Å². The topological polar surface area (TPSA) is 73.9 Å². The first kappa shape index (κ1) is 13.8. The summed E-state index contributed by atoms with van der Waals surface area (Å²) < 4.78 is 5.31. The molecule has 0 radical (unpaired) electrons. The Labute approximate surface area is 126 Å². The van der Waals surface area contributed by atoms with Gasteiger partial charge in [-0.25, -0.2) is 0 Å². The molecule has 3 rings (SSSR count). The molecule has 0 unspecified atom stereocenters. The first-order valence-corrected chi connectivity index (χ1v) is 7.48. The van der Waals surface area contributed by atoms with Crippen LogP contribution in [0.3, 0.4) is 0 Å². The Morgan fingerprint density at radius 1 is 1.19 bits per heavy atom. The van der Waals surface area contributed by atoms with Crippen LogP contribution in [0.4, 0.5) is 5.13 Å². The number of anilines is 1. The highest BCUT2D eigenvalue weighted by atomic mass is 32.1. The Balaban J connectivity index is 2.32. The maximum Gasteiger partial charge on any atom is 0.203 e. The molecule has 0 aliphatic carbocycles. The molecule has 0 spiro atoms. The van der Waals surface area contributed by atoms with Crippen molar-refractivity contribution in [3.8, 4) is 16.3 Å². The molecule has 0 aliphatic heterocycles. The number of fused-ring (bicyclic) bond motifs is 1. The lowest BCUT2D eigenvalue weighted by Gasteiger charge is -2.11. The van der Waals surface area contributed by atoms with Gasteiger partial charge in [-0.1, -0.05) is 25.2 Å². The van der Waals surface area contributed by atoms with Crippen LogP contribution in [-0.4, -0.2) is 22.3 Å². The van der Waals surface area contributed by atoms with Crippen LogP contribution in [0.2, 0.25) is 0 Å². The molecule has 0 bridgehead atoms. The molecule has 0 atom stereocenters. The van der Waals surface area contributed by atoms with Gasteiger partial charge in [-0.05, 0) is 30.2 Å². The first-order chi connectivity index (χ1) is 10.1. The number of hydrogen-bond acceptors (Lipinski definition) is 6. The molecule has 6 heteroatoms. The molecule has 5 nitrogen and oxygen atoms in total. The second kappa shape index (κ2) is 5.29. The van der Waals surface area contributed by atoms with Crippen molar-refractivity contribution in [2.45, 2.75) is 19.8 Å². The molecule has 0 fully saturated rings. The summed E-state index contributed by atoms with van der Waals surface area (Å²) >= 11 is 1.38. The van der Waals surface area contributed by atoms with Crippen LogP contribution in [0.1, 0.15) is 25.5 Å². The molecule has 21 heavy (non-hydrogen) atoms. The van der Waals surface area contributed by atoms with Crippen molar-refractivity contribution >= 4 is 27.4 Å². The lowest BCUT2D eigenvalue weighted by Crippen LogP contribution is -1.96. The molecule has 2 aromatic heterocycles. The Hall–Kier alpha value is -2.21. The second-order valence-electron chi connectivity index (χ2n) is 5.08. The number of hydrogen-bond donors (Lipinski definition) is 1. The number of rotatable bonds is 3. The highest BCUT2D eigenvalue weighted by molar-refractivity contribution is 7.18. The van der Waals surface area contributed by atoms with Crippen LogP contribution in [0, 0.1) is 0 Å². The second-order valence-corrected chi connectivity index (χ2v) is 6.09. The smallest absolute Gasteiger partial charge is 0.203 e. The minimum Gasteiger partial charge on any atom is -0.497 e. The number of methoxy groups -OCH3 is 1. The van der Waals surface area contributed by atoms with Gasteiger partial charge in [0.25, 0.3) is 0 Å². The van der Waals surface area contributed by atoms with Crippen molar-refractivity contribution in [1.29, 1.82) is 0 Å². The average molecular weight is 300 g/mol. The number of nitrogens with zero attached hydrogens (tertiary/aromatic N) is 3. The fraction of sp³-hybridized carbons (Fsp3) is 0.267. The van der Waals surface area contributed by atoms with Crippen molar-refractivity contribution in [3.05, 3.63) is 30.0 Å². The van der Waals surface area contributed by atoms with E-state index in [4.69, 9.17) is 15.5 Å². The van der Waals surface area contributed by atoms with E-state index in [9.17, 15) is 0 Å². The fourth-order valence-corrected chi connectivity index (χ4v) is 2.81. The Morgan fingerprint density at radius 3 is 2.62 bits per heavy atom. The standard InChI is InChI=1S/C15H16N4OS/c1-8(2)13-7-11(14-18-19-15(16)21-14)10-6-9(20-3)4-5-12(10)17-13/h4-8H,1-3H3,(H2,16,19). The SMILES string of the molecule is COc1ccc2nc(C(C)C)cc(-c3nnc(N)s3)c2c1. The van der Waals surface area contributed by atoms with Gasteiger partial charge in [0.05, 0.1) is 12.6 Å². The third kappa shape index (κ3) is 2.54. The average Bonchev–Trinajstić information content (AvgIpc) is 2.91. The highest BCUT2D eigenvalue weighted by Crippen LogP contribution is 2.34. The maximum absolute atomic E-state index is 5.72. The van der Waals surface area contributed by atoms with E-state index in [2.05, 4.69) is 30.1 Å². The Bertz CT molecular complexity index is 797. The predicted octanol–water partition coefficient (Wildman–Crippen LogP) is 3.47. The lowest BCUT2D eigenvalue weighted by molar-refractivity contribution is 0.415. The summed E-state index contributed by atoms with van der Waals surface area (Å²) in [5.74, 6) is 1.13. The van der Waals surface area contributed by atoms with Gasteiger partial charge in [-0.15, -0.1) is 10.2 Å². The fourth-order valence-electron chi connectivity index (χ4n) is 2.17. The lowest BCUT2D eigenvalue weighted by atomic mass is 10.0. The van der Waals surface area contributed by atoms with Crippen LogP contribution in [-0.2, 0) is 0 Å². The molecule has 2 N–H and O–H groups in total. The summed E-state index contributed by atoms with van der Waals surface area (Å²) in [6.07, 6.45) is 0. The van der Waals surface area contributed by atoms with E-state index in [1.807, 2.05) is 18.2 Å². The van der Waals surface area contributed by atoms with E-state index in [1.54, 1.807) is 7.11 Å². The molecule has 0 amide bonds. The molecular weight excluding hydrogens is 284 g/mol. The molecule has 108 valence electrons. The number of nitrogen functional groups attached to an aromatic ring is 1. The zero-order chi connectivity index (χ0) is 15.0. The summed E-state index contributed by atoms with van der Waals surface area (Å²) in [6, 6.07) is 7.91. The summed E-state index contributed by atoms with van der Waals surface area (Å²) in [7, 11) is 1.65. The molecule has 2 heterocycles. The summed E-state index contributed by atoms with van der Waals surface area (Å²) in [5.41, 5.74) is 8.66.